The van der Waals surface area contributed by atoms with E-state index in [0.29, 0.717) is 0 Å². The van der Waals surface area contributed by atoms with E-state index in [2.05, 4.69) is 110 Å². The number of aryl methyl sites for hydroxylation is 5. The van der Waals surface area contributed by atoms with Crippen LogP contribution in [0.2, 0.25) is 0 Å². The Labute approximate surface area is 217 Å². The van der Waals surface area contributed by atoms with E-state index in [-0.39, 0.29) is 0 Å². The van der Waals surface area contributed by atoms with Gasteiger partial charge in [-0.25, -0.2) is 0 Å². The molecule has 1 nitrogen and oxygen atoms in total. The highest BCUT2D eigenvalue weighted by Crippen LogP contribution is 2.28. The molecule has 0 heterocycles. The Morgan fingerprint density at radius 1 is 0.556 bits per heavy atom. The minimum Gasteiger partial charge on any atom is -0.345 e. The second-order valence-electron chi connectivity index (χ2n) is 10.5. The quantitative estimate of drug-likeness (QED) is 0.196. The van der Waals surface area contributed by atoms with E-state index >= 15 is 0 Å². The summed E-state index contributed by atoms with van der Waals surface area (Å²) in [6.45, 7) is 2.13. The SMILES string of the molecule is Cc1ccc(-c2ccc(N(C)c3cccc(CCCCCCCc4ccc5c(c4)CC5)c3)cc2)cc1. The van der Waals surface area contributed by atoms with Crippen LogP contribution in [0.1, 0.15) is 59.9 Å². The zero-order valence-corrected chi connectivity index (χ0v) is 22.0. The average molecular weight is 474 g/mol. The van der Waals surface area contributed by atoms with E-state index in [4.69, 9.17) is 0 Å². The van der Waals surface area contributed by atoms with Crippen molar-refractivity contribution in [3.63, 3.8) is 0 Å². The van der Waals surface area contributed by atoms with Gasteiger partial charge in [-0.1, -0.05) is 91.6 Å². The number of anilines is 2. The molecule has 36 heavy (non-hydrogen) atoms. The third-order valence-electron chi connectivity index (χ3n) is 7.80. The van der Waals surface area contributed by atoms with Crippen LogP contribution in [0.25, 0.3) is 11.1 Å². The van der Waals surface area contributed by atoms with Crippen molar-refractivity contribution in [2.75, 3.05) is 11.9 Å². The molecule has 5 rings (SSSR count). The van der Waals surface area contributed by atoms with E-state index in [0.717, 1.165) is 0 Å². The van der Waals surface area contributed by atoms with Crippen LogP contribution in [0, 0.1) is 6.92 Å². The molecule has 4 aromatic carbocycles. The van der Waals surface area contributed by atoms with Crippen LogP contribution in [0.4, 0.5) is 11.4 Å². The second kappa shape index (κ2) is 11.6. The first kappa shape index (κ1) is 24.4. The lowest BCUT2D eigenvalue weighted by Gasteiger charge is -2.21. The molecule has 0 bridgehead atoms. The standard InChI is InChI=1S/C35H39N/c1-27-13-16-30(17-14-27)31-21-23-34(24-22-31)36(2)35-12-8-11-28(26-35)9-6-4-3-5-7-10-29-15-18-32-19-20-33(32)25-29/h8,11-18,21-26H,3-7,9-10,19-20H2,1-2H3. The molecule has 1 heteroatoms. The molecule has 0 amide bonds. The maximum atomic E-state index is 2.45. The molecule has 0 aromatic heterocycles. The summed E-state index contributed by atoms with van der Waals surface area (Å²) in [5.74, 6) is 0. The lowest BCUT2D eigenvalue weighted by Crippen LogP contribution is -2.09. The van der Waals surface area contributed by atoms with Crippen molar-refractivity contribution in [1.82, 2.24) is 0 Å². The molecule has 0 N–H and O–H groups in total. The van der Waals surface area contributed by atoms with E-state index in [1.165, 1.54) is 91.4 Å². The summed E-state index contributed by atoms with van der Waals surface area (Å²) < 4.78 is 0. The third-order valence-corrected chi connectivity index (χ3v) is 7.80. The lowest BCUT2D eigenvalue weighted by molar-refractivity contribution is 0.613. The van der Waals surface area contributed by atoms with Crippen LogP contribution >= 0.6 is 0 Å². The molecule has 0 atom stereocenters. The molecule has 0 radical (unpaired) electrons. The van der Waals surface area contributed by atoms with Crippen molar-refractivity contribution in [1.29, 1.82) is 0 Å². The molecule has 0 fully saturated rings. The molecule has 0 spiro atoms. The van der Waals surface area contributed by atoms with Gasteiger partial charge in [-0.3, -0.25) is 0 Å². The first-order valence-electron chi connectivity index (χ1n) is 13.8. The van der Waals surface area contributed by atoms with Crippen LogP contribution in [0.5, 0.6) is 0 Å². The molecule has 0 unspecified atom stereocenters. The Balaban J connectivity index is 1.06. The minimum atomic E-state index is 1.17. The topological polar surface area (TPSA) is 3.24 Å². The predicted octanol–water partition coefficient (Wildman–Crippen LogP) is 9.26. The largest absolute Gasteiger partial charge is 0.345 e. The molecule has 184 valence electrons. The van der Waals surface area contributed by atoms with E-state index in [9.17, 15) is 0 Å². The summed E-state index contributed by atoms with van der Waals surface area (Å²) in [4.78, 5) is 2.29. The van der Waals surface area contributed by atoms with Crippen molar-refractivity contribution < 1.29 is 0 Å². The van der Waals surface area contributed by atoms with Gasteiger partial charge >= 0.3 is 0 Å². The molecule has 4 aromatic rings. The van der Waals surface area contributed by atoms with Crippen molar-refractivity contribution in [3.8, 4) is 11.1 Å². The molecular formula is C35H39N. The highest BCUT2D eigenvalue weighted by molar-refractivity contribution is 5.69. The molecule has 1 aliphatic rings. The van der Waals surface area contributed by atoms with Crippen LogP contribution in [0.15, 0.2) is 91.0 Å². The van der Waals surface area contributed by atoms with Gasteiger partial charge in [-0.2, -0.15) is 0 Å². The Kier molecular flexibility index (Phi) is 7.86. The zero-order valence-electron chi connectivity index (χ0n) is 22.0. The van der Waals surface area contributed by atoms with Gasteiger partial charge in [0.15, 0.2) is 0 Å². The maximum absolute atomic E-state index is 2.45. The van der Waals surface area contributed by atoms with Gasteiger partial charge in [-0.05, 0) is 103 Å². The number of nitrogens with zero attached hydrogens (tertiary/aromatic N) is 1. The van der Waals surface area contributed by atoms with Gasteiger partial charge < -0.3 is 4.90 Å². The Bertz CT molecular complexity index is 1270. The number of unbranched alkanes of at least 4 members (excludes halogenated alkanes) is 4. The summed E-state index contributed by atoms with van der Waals surface area (Å²) >= 11 is 0. The van der Waals surface area contributed by atoms with Gasteiger partial charge in [0.25, 0.3) is 0 Å². The second-order valence-corrected chi connectivity index (χ2v) is 10.5. The summed E-state index contributed by atoms with van der Waals surface area (Å²) in [5, 5.41) is 0. The van der Waals surface area contributed by atoms with Gasteiger partial charge in [0.05, 0.1) is 0 Å². The van der Waals surface area contributed by atoms with Crippen LogP contribution in [0.3, 0.4) is 0 Å². The maximum Gasteiger partial charge on any atom is 0.0410 e. The van der Waals surface area contributed by atoms with Crippen molar-refractivity contribution in [2.45, 2.75) is 64.7 Å². The number of rotatable bonds is 11. The van der Waals surface area contributed by atoms with Crippen LogP contribution in [-0.4, -0.2) is 7.05 Å². The zero-order chi connectivity index (χ0) is 24.7. The van der Waals surface area contributed by atoms with Crippen molar-refractivity contribution in [3.05, 3.63) is 119 Å². The summed E-state index contributed by atoms with van der Waals surface area (Å²) in [5.41, 5.74) is 12.5. The molecular weight excluding hydrogens is 434 g/mol. The molecule has 1 aliphatic carbocycles. The number of benzene rings is 4. The average Bonchev–Trinajstić information content (AvgIpc) is 2.90. The van der Waals surface area contributed by atoms with Gasteiger partial charge in [0.2, 0.25) is 0 Å². The fourth-order valence-electron chi connectivity index (χ4n) is 5.29. The smallest absolute Gasteiger partial charge is 0.0410 e. The monoisotopic (exact) mass is 473 g/mol. The van der Waals surface area contributed by atoms with Crippen molar-refractivity contribution >= 4 is 11.4 Å². The van der Waals surface area contributed by atoms with Gasteiger partial charge in [-0.15, -0.1) is 0 Å². The molecule has 0 saturated heterocycles. The van der Waals surface area contributed by atoms with Gasteiger partial charge in [0, 0.05) is 18.4 Å². The fraction of sp³-hybridized carbons (Fsp3) is 0.314. The normalized spacial score (nSPS) is 12.2. The third kappa shape index (κ3) is 6.08. The highest BCUT2D eigenvalue weighted by Gasteiger charge is 2.12. The lowest BCUT2D eigenvalue weighted by atomic mass is 9.86. The summed E-state index contributed by atoms with van der Waals surface area (Å²) in [6, 6.07) is 33.9. The van der Waals surface area contributed by atoms with E-state index in [1.54, 1.807) is 16.7 Å². The van der Waals surface area contributed by atoms with Crippen molar-refractivity contribution in [2.24, 2.45) is 0 Å². The van der Waals surface area contributed by atoms with Gasteiger partial charge in [0.1, 0.15) is 0 Å². The number of hydrogen-bond donors (Lipinski definition) is 0. The predicted molar refractivity (Wildman–Crippen MR) is 155 cm³/mol. The Hall–Kier alpha value is -3.32. The van der Waals surface area contributed by atoms with Crippen LogP contribution in [-0.2, 0) is 25.7 Å². The first-order chi connectivity index (χ1) is 17.7. The Morgan fingerprint density at radius 3 is 1.81 bits per heavy atom. The number of hydrogen-bond acceptors (Lipinski definition) is 1. The van der Waals surface area contributed by atoms with E-state index in [1.807, 2.05) is 0 Å². The first-order valence-corrected chi connectivity index (χ1v) is 13.8. The van der Waals surface area contributed by atoms with E-state index < -0.39 is 0 Å². The summed E-state index contributed by atoms with van der Waals surface area (Å²) in [7, 11) is 2.17. The molecule has 0 saturated carbocycles. The molecule has 0 aliphatic heterocycles. The van der Waals surface area contributed by atoms with Crippen LogP contribution < -0.4 is 4.90 Å². The number of fused-ring (bicyclic) bond motifs is 1. The minimum absolute atomic E-state index is 1.17. The Morgan fingerprint density at radius 2 is 1.17 bits per heavy atom. The highest BCUT2D eigenvalue weighted by atomic mass is 15.1. The fourth-order valence-corrected chi connectivity index (χ4v) is 5.29. The summed E-state index contributed by atoms with van der Waals surface area (Å²) in [6.07, 6.45) is 11.6.